The molecule has 1 unspecified atom stereocenters. The highest BCUT2D eigenvalue weighted by molar-refractivity contribution is 5.99. The predicted octanol–water partition coefficient (Wildman–Crippen LogP) is 5.75. The smallest absolute Gasteiger partial charge is 0.187 e. The molecule has 0 saturated heterocycles. The maximum Gasteiger partial charge on any atom is 0.187 e. The summed E-state index contributed by atoms with van der Waals surface area (Å²) in [7, 11) is 1.58. The number of methoxy groups -OCH3 is 1. The van der Waals surface area contributed by atoms with Crippen molar-refractivity contribution in [1.82, 2.24) is 0 Å². The first-order valence-corrected chi connectivity index (χ1v) is 13.1. The summed E-state index contributed by atoms with van der Waals surface area (Å²) >= 11 is 0. The lowest BCUT2D eigenvalue weighted by Crippen LogP contribution is -2.62. The molecule has 4 heteroatoms. The van der Waals surface area contributed by atoms with Gasteiger partial charge in [0.2, 0.25) is 0 Å². The summed E-state index contributed by atoms with van der Waals surface area (Å²) in [4.78, 5) is 25.0. The Morgan fingerprint density at radius 3 is 2.26 bits per heavy atom. The van der Waals surface area contributed by atoms with Crippen molar-refractivity contribution in [3.8, 4) is 0 Å². The Labute approximate surface area is 204 Å². The van der Waals surface area contributed by atoms with Crippen LogP contribution in [0.25, 0.3) is 0 Å². The van der Waals surface area contributed by atoms with Crippen LogP contribution in [0.3, 0.4) is 0 Å². The van der Waals surface area contributed by atoms with Gasteiger partial charge in [0.05, 0.1) is 0 Å². The molecule has 5 aliphatic carbocycles. The fourth-order valence-corrected chi connectivity index (χ4v) is 9.04. The van der Waals surface area contributed by atoms with Gasteiger partial charge in [-0.2, -0.15) is 0 Å². The van der Waals surface area contributed by atoms with E-state index in [9.17, 15) is 14.7 Å². The number of aliphatic hydroxyl groups is 1. The van der Waals surface area contributed by atoms with Crippen LogP contribution in [0.4, 0.5) is 0 Å². The number of rotatable bonds is 2. The van der Waals surface area contributed by atoms with Crippen molar-refractivity contribution in [3.05, 3.63) is 34.9 Å². The number of fused-ring (bicyclic) bond motifs is 7. The van der Waals surface area contributed by atoms with Crippen molar-refractivity contribution >= 4 is 12.1 Å². The largest absolute Gasteiger partial charge is 0.382 e. The molecule has 34 heavy (non-hydrogen) atoms. The molecule has 3 fully saturated rings. The first kappa shape index (κ1) is 24.2. The zero-order valence-corrected chi connectivity index (χ0v) is 22.1. The van der Waals surface area contributed by atoms with E-state index in [1.54, 1.807) is 13.2 Å². The maximum atomic E-state index is 12.9. The molecular formula is C30H42O4. The Bertz CT molecular complexity index is 1050. The van der Waals surface area contributed by atoms with Gasteiger partial charge < -0.3 is 14.6 Å². The average Bonchev–Trinajstić information content (AvgIpc) is 2.81. The second kappa shape index (κ2) is 7.03. The predicted molar refractivity (Wildman–Crippen MR) is 133 cm³/mol. The summed E-state index contributed by atoms with van der Waals surface area (Å²) in [5, 5.41) is 10.7. The van der Waals surface area contributed by atoms with Crippen LogP contribution in [-0.4, -0.2) is 36.0 Å². The first-order chi connectivity index (χ1) is 15.7. The highest BCUT2D eigenvalue weighted by Gasteiger charge is 2.67. The fourth-order valence-electron chi connectivity index (χ4n) is 9.04. The molecule has 0 aromatic heterocycles. The van der Waals surface area contributed by atoms with Crippen LogP contribution in [0.15, 0.2) is 34.9 Å². The molecule has 1 N–H and O–H groups in total. The van der Waals surface area contributed by atoms with Gasteiger partial charge in [-0.15, -0.1) is 0 Å². The number of hydrogen-bond donors (Lipinski definition) is 1. The van der Waals surface area contributed by atoms with Crippen LogP contribution in [0.2, 0.25) is 0 Å². The van der Waals surface area contributed by atoms with Crippen LogP contribution >= 0.6 is 0 Å². The molecule has 0 aromatic rings. The van der Waals surface area contributed by atoms with Crippen molar-refractivity contribution in [2.24, 2.45) is 33.0 Å². The molecular weight excluding hydrogens is 424 g/mol. The van der Waals surface area contributed by atoms with Crippen molar-refractivity contribution in [1.29, 1.82) is 0 Å². The van der Waals surface area contributed by atoms with E-state index in [0.29, 0.717) is 5.92 Å². The highest BCUT2D eigenvalue weighted by atomic mass is 16.5. The van der Waals surface area contributed by atoms with Gasteiger partial charge in [0.1, 0.15) is 18.0 Å². The molecule has 4 nitrogen and oxygen atoms in total. The van der Waals surface area contributed by atoms with Gasteiger partial charge >= 0.3 is 0 Å². The van der Waals surface area contributed by atoms with E-state index in [0.717, 1.165) is 49.7 Å². The van der Waals surface area contributed by atoms with Gasteiger partial charge in [0.15, 0.2) is 5.78 Å². The molecule has 0 aromatic carbocycles. The summed E-state index contributed by atoms with van der Waals surface area (Å²) in [5.74, 6) is 0.231. The Kier molecular flexibility index (Phi) is 5.00. The van der Waals surface area contributed by atoms with Crippen molar-refractivity contribution in [2.45, 2.75) is 98.2 Å². The second-order valence-corrected chi connectivity index (χ2v) is 13.6. The van der Waals surface area contributed by atoms with Crippen molar-refractivity contribution < 1.29 is 19.4 Å². The van der Waals surface area contributed by atoms with Gasteiger partial charge in [-0.05, 0) is 91.3 Å². The van der Waals surface area contributed by atoms with E-state index in [1.165, 1.54) is 18.3 Å². The summed E-state index contributed by atoms with van der Waals surface area (Å²) in [6.45, 7) is 13.7. The number of allylic oxidation sites excluding steroid dienone is 3. The van der Waals surface area contributed by atoms with Gasteiger partial charge in [-0.3, -0.25) is 4.79 Å². The molecule has 0 spiro atoms. The minimum atomic E-state index is -1.19. The van der Waals surface area contributed by atoms with E-state index >= 15 is 0 Å². The summed E-state index contributed by atoms with van der Waals surface area (Å²) < 4.78 is 5.78. The van der Waals surface area contributed by atoms with E-state index in [2.05, 4.69) is 46.8 Å². The monoisotopic (exact) mass is 466 g/mol. The van der Waals surface area contributed by atoms with Crippen LogP contribution in [-0.2, 0) is 14.3 Å². The Morgan fingerprint density at radius 2 is 1.62 bits per heavy atom. The lowest BCUT2D eigenvalue weighted by Gasteiger charge is -2.70. The van der Waals surface area contributed by atoms with Gasteiger partial charge in [0, 0.05) is 17.9 Å². The van der Waals surface area contributed by atoms with Crippen LogP contribution in [0.5, 0.6) is 0 Å². The summed E-state index contributed by atoms with van der Waals surface area (Å²) in [6.07, 6.45) is 13.6. The average molecular weight is 467 g/mol. The molecule has 5 rings (SSSR count). The third-order valence-corrected chi connectivity index (χ3v) is 12.0. The van der Waals surface area contributed by atoms with Crippen molar-refractivity contribution in [2.75, 3.05) is 7.11 Å². The van der Waals surface area contributed by atoms with E-state index in [-0.39, 0.29) is 32.9 Å². The molecule has 186 valence electrons. The zero-order valence-electron chi connectivity index (χ0n) is 22.1. The van der Waals surface area contributed by atoms with Gasteiger partial charge in [-0.25, -0.2) is 0 Å². The molecule has 0 radical (unpaired) electrons. The van der Waals surface area contributed by atoms with E-state index in [1.807, 2.05) is 6.92 Å². The Balaban J connectivity index is 1.66. The summed E-state index contributed by atoms with van der Waals surface area (Å²) in [5.41, 5.74) is 2.22. The van der Waals surface area contributed by atoms with Crippen LogP contribution < -0.4 is 0 Å². The minimum absolute atomic E-state index is 0.0171. The normalized spacial score (nSPS) is 52.2. The number of hydrogen-bond acceptors (Lipinski definition) is 4. The molecule has 5 aliphatic rings. The zero-order chi connectivity index (χ0) is 24.9. The standard InChI is InChI=1S/C30H42O4/c1-25(18-31)10-11-26(2)12-14-28(4)22-9-8-19-20(16-21(32)24(33)30(19,6)34-7)27(22,3)13-15-29(28,5)23(26)17-25/h8-9,16,18,23-24,33H,10-15,17H2,1-7H3/t23-,24+,25-,26-,27?,28-,29+,30+/m1/s1. The second-order valence-electron chi connectivity index (χ2n) is 13.6. The topological polar surface area (TPSA) is 63.6 Å². The molecule has 0 aliphatic heterocycles. The number of ketones is 1. The Hall–Kier alpha value is -1.52. The number of carbonyl (C=O) groups excluding carboxylic acids is 2. The van der Waals surface area contributed by atoms with Crippen LogP contribution in [0, 0.1) is 33.0 Å². The fraction of sp³-hybridized carbons (Fsp3) is 0.733. The van der Waals surface area contributed by atoms with Gasteiger partial charge in [0.25, 0.3) is 0 Å². The van der Waals surface area contributed by atoms with Crippen molar-refractivity contribution in [3.63, 3.8) is 0 Å². The quantitative estimate of drug-likeness (QED) is 0.527. The Morgan fingerprint density at radius 1 is 0.941 bits per heavy atom. The maximum absolute atomic E-state index is 12.9. The SMILES string of the molecule is CO[C@@]1(C)C2=CC=C3C(C)(CC[C@@]4(C)[C@@H]5C[C@](C)(C=O)CC[C@]5(C)CC[C@]34C)C2=CC(=O)[C@@H]1O. The number of aldehydes is 1. The van der Waals surface area contributed by atoms with Gasteiger partial charge in [-0.1, -0.05) is 52.3 Å². The number of aliphatic hydroxyl groups excluding tert-OH is 1. The molecule has 0 bridgehead atoms. The third-order valence-electron chi connectivity index (χ3n) is 12.0. The molecule has 8 atom stereocenters. The summed E-state index contributed by atoms with van der Waals surface area (Å²) in [6, 6.07) is 0. The highest BCUT2D eigenvalue weighted by Crippen LogP contribution is 2.75. The first-order valence-electron chi connectivity index (χ1n) is 13.1. The number of ether oxygens (including phenoxy) is 1. The molecule has 0 heterocycles. The molecule has 3 saturated carbocycles. The lowest BCUT2D eigenvalue weighted by atomic mass is 9.34. The minimum Gasteiger partial charge on any atom is -0.382 e. The molecule has 0 amide bonds. The van der Waals surface area contributed by atoms with Crippen LogP contribution in [0.1, 0.15) is 86.5 Å². The third kappa shape index (κ3) is 2.73. The van der Waals surface area contributed by atoms with E-state index in [4.69, 9.17) is 4.74 Å². The number of carbonyl (C=O) groups is 2. The lowest BCUT2D eigenvalue weighted by molar-refractivity contribution is -0.164. The van der Waals surface area contributed by atoms with E-state index < -0.39 is 11.7 Å².